The Bertz CT molecular complexity index is 961. The van der Waals surface area contributed by atoms with Gasteiger partial charge in [-0.25, -0.2) is 8.42 Å². The molecule has 2 saturated carbocycles. The Balaban J connectivity index is 1.65. The Kier molecular flexibility index (Phi) is 5.31. The van der Waals surface area contributed by atoms with Gasteiger partial charge in [-0.05, 0) is 73.1 Å². The Hall–Kier alpha value is -1.44. The van der Waals surface area contributed by atoms with Gasteiger partial charge in [-0.3, -0.25) is 4.79 Å². The van der Waals surface area contributed by atoms with Gasteiger partial charge in [0, 0.05) is 24.7 Å². The molecule has 30 heavy (non-hydrogen) atoms. The molecule has 7 heteroatoms. The van der Waals surface area contributed by atoms with Crippen LogP contribution < -0.4 is 5.32 Å². The molecule has 6 nitrogen and oxygen atoms in total. The fraction of sp³-hybridized carbons (Fsp3) is 0.696. The van der Waals surface area contributed by atoms with Crippen molar-refractivity contribution in [2.24, 2.45) is 16.7 Å². The monoisotopic (exact) mass is 434 g/mol. The first-order valence-electron chi connectivity index (χ1n) is 11.0. The van der Waals surface area contributed by atoms with Gasteiger partial charge in [0.25, 0.3) is 5.91 Å². The largest absolute Gasteiger partial charge is 0.379 e. The summed E-state index contributed by atoms with van der Waals surface area (Å²) in [5, 5.41) is 3.29. The van der Waals surface area contributed by atoms with Crippen LogP contribution in [0.1, 0.15) is 61.5 Å². The molecule has 0 radical (unpaired) electrons. The lowest BCUT2D eigenvalue weighted by Gasteiger charge is -2.43. The topological polar surface area (TPSA) is 75.7 Å². The molecule has 3 fully saturated rings. The molecule has 1 aromatic carbocycles. The molecule has 1 heterocycles. The van der Waals surface area contributed by atoms with Crippen LogP contribution in [0.3, 0.4) is 0 Å². The number of nitrogens with zero attached hydrogens (tertiary/aromatic N) is 1. The SMILES string of the molecule is Cc1cc(C(=O)NC2C(C)(C)[C@H]3CC[C@@]2(C)C3)cc(S(=O)(=O)N2CCOCC2)c1C. The first kappa shape index (κ1) is 21.8. The molecule has 1 saturated heterocycles. The fourth-order valence-electron chi connectivity index (χ4n) is 6.03. The number of amides is 1. The van der Waals surface area contributed by atoms with Gasteiger partial charge in [-0.15, -0.1) is 0 Å². The molecular formula is C23H34N2O4S. The molecule has 1 N–H and O–H groups in total. The number of carbonyl (C=O) groups excluding carboxylic acids is 1. The van der Waals surface area contributed by atoms with Crippen LogP contribution in [0.15, 0.2) is 17.0 Å². The van der Waals surface area contributed by atoms with Gasteiger partial charge in [-0.1, -0.05) is 20.8 Å². The molecule has 2 aliphatic carbocycles. The minimum Gasteiger partial charge on any atom is -0.379 e. The van der Waals surface area contributed by atoms with Crippen molar-refractivity contribution in [3.05, 3.63) is 28.8 Å². The zero-order chi connectivity index (χ0) is 21.9. The van der Waals surface area contributed by atoms with Crippen molar-refractivity contribution in [1.82, 2.24) is 9.62 Å². The summed E-state index contributed by atoms with van der Waals surface area (Å²) in [7, 11) is -3.67. The number of sulfonamides is 1. The predicted molar refractivity (Wildman–Crippen MR) is 116 cm³/mol. The van der Waals surface area contributed by atoms with Crippen LogP contribution in [0.5, 0.6) is 0 Å². The Labute approximate surface area is 180 Å². The summed E-state index contributed by atoms with van der Waals surface area (Å²) in [6, 6.07) is 3.47. The van der Waals surface area contributed by atoms with Gasteiger partial charge in [-0.2, -0.15) is 4.31 Å². The second-order valence-electron chi connectivity index (χ2n) is 10.3. The lowest BCUT2D eigenvalue weighted by molar-refractivity contribution is 0.0728. The lowest BCUT2D eigenvalue weighted by atomic mass is 9.68. The van der Waals surface area contributed by atoms with Crippen molar-refractivity contribution >= 4 is 15.9 Å². The maximum absolute atomic E-state index is 13.3. The molecule has 1 amide bonds. The number of carbonyl (C=O) groups is 1. The zero-order valence-corrected chi connectivity index (χ0v) is 19.6. The number of nitrogens with one attached hydrogen (secondary N) is 1. The van der Waals surface area contributed by atoms with Gasteiger partial charge in [0.2, 0.25) is 10.0 Å². The Morgan fingerprint density at radius 1 is 1.17 bits per heavy atom. The van der Waals surface area contributed by atoms with Crippen LogP contribution in [0.4, 0.5) is 0 Å². The number of morpholine rings is 1. The molecule has 1 aromatic rings. The summed E-state index contributed by atoms with van der Waals surface area (Å²) in [5.41, 5.74) is 2.10. The Morgan fingerprint density at radius 2 is 1.83 bits per heavy atom. The van der Waals surface area contributed by atoms with E-state index < -0.39 is 10.0 Å². The van der Waals surface area contributed by atoms with E-state index in [1.807, 2.05) is 19.9 Å². The lowest BCUT2D eigenvalue weighted by Crippen LogP contribution is -2.52. The van der Waals surface area contributed by atoms with E-state index in [4.69, 9.17) is 4.74 Å². The van der Waals surface area contributed by atoms with E-state index in [1.165, 1.54) is 10.7 Å². The zero-order valence-electron chi connectivity index (χ0n) is 18.7. The number of ether oxygens (including phenoxy) is 1. The highest BCUT2D eigenvalue weighted by atomic mass is 32.2. The van der Waals surface area contributed by atoms with Gasteiger partial charge < -0.3 is 10.1 Å². The van der Waals surface area contributed by atoms with E-state index in [0.717, 1.165) is 18.4 Å². The van der Waals surface area contributed by atoms with Gasteiger partial charge in [0.15, 0.2) is 0 Å². The molecule has 0 spiro atoms. The predicted octanol–water partition coefficient (Wildman–Crippen LogP) is 3.27. The van der Waals surface area contributed by atoms with Crippen LogP contribution in [-0.2, 0) is 14.8 Å². The third kappa shape index (κ3) is 3.39. The summed E-state index contributed by atoms with van der Waals surface area (Å²) in [4.78, 5) is 13.5. The number of rotatable bonds is 4. The third-order valence-corrected chi connectivity index (χ3v) is 10.0. The number of aryl methyl sites for hydroxylation is 1. The number of benzene rings is 1. The van der Waals surface area contributed by atoms with E-state index in [9.17, 15) is 13.2 Å². The van der Waals surface area contributed by atoms with E-state index >= 15 is 0 Å². The molecule has 1 aliphatic heterocycles. The highest BCUT2D eigenvalue weighted by Crippen LogP contribution is 2.62. The van der Waals surface area contributed by atoms with Crippen molar-refractivity contribution in [2.45, 2.75) is 64.8 Å². The molecular weight excluding hydrogens is 400 g/mol. The molecule has 166 valence electrons. The minimum absolute atomic E-state index is 0.0467. The first-order valence-corrected chi connectivity index (χ1v) is 12.4. The van der Waals surface area contributed by atoms with Crippen LogP contribution in [0.2, 0.25) is 0 Å². The highest BCUT2D eigenvalue weighted by molar-refractivity contribution is 7.89. The number of hydrogen-bond donors (Lipinski definition) is 1. The fourth-order valence-corrected chi connectivity index (χ4v) is 7.76. The van der Waals surface area contributed by atoms with E-state index in [2.05, 4.69) is 26.1 Å². The highest BCUT2D eigenvalue weighted by Gasteiger charge is 2.59. The number of hydrogen-bond acceptors (Lipinski definition) is 4. The molecule has 1 unspecified atom stereocenters. The summed E-state index contributed by atoms with van der Waals surface area (Å²) in [6.07, 6.45) is 3.51. The summed E-state index contributed by atoms with van der Waals surface area (Å²) in [6.45, 7) is 11.9. The van der Waals surface area contributed by atoms with Crippen LogP contribution in [0, 0.1) is 30.6 Å². The van der Waals surface area contributed by atoms with Crippen LogP contribution >= 0.6 is 0 Å². The van der Waals surface area contributed by atoms with Crippen LogP contribution in [-0.4, -0.2) is 51.0 Å². The maximum atomic E-state index is 13.3. The third-order valence-electron chi connectivity index (χ3n) is 8.01. The quantitative estimate of drug-likeness (QED) is 0.789. The van der Waals surface area contributed by atoms with Crippen molar-refractivity contribution in [1.29, 1.82) is 0 Å². The average molecular weight is 435 g/mol. The van der Waals surface area contributed by atoms with E-state index in [0.29, 0.717) is 43.3 Å². The van der Waals surface area contributed by atoms with Crippen molar-refractivity contribution in [3.63, 3.8) is 0 Å². The smallest absolute Gasteiger partial charge is 0.251 e. The first-order chi connectivity index (χ1) is 14.0. The summed E-state index contributed by atoms with van der Waals surface area (Å²) in [5.74, 6) is 0.452. The van der Waals surface area contributed by atoms with Crippen LogP contribution in [0.25, 0.3) is 0 Å². The molecule has 4 rings (SSSR count). The van der Waals surface area contributed by atoms with Crippen molar-refractivity contribution < 1.29 is 17.9 Å². The normalized spacial score (nSPS) is 31.1. The molecule has 3 aliphatic rings. The number of fused-ring (bicyclic) bond motifs is 2. The van der Waals surface area contributed by atoms with Gasteiger partial charge in [0.05, 0.1) is 18.1 Å². The minimum atomic E-state index is -3.67. The maximum Gasteiger partial charge on any atom is 0.251 e. The Morgan fingerprint density at radius 3 is 2.43 bits per heavy atom. The molecule has 0 aromatic heterocycles. The second kappa shape index (κ2) is 7.31. The van der Waals surface area contributed by atoms with Gasteiger partial charge >= 0.3 is 0 Å². The summed E-state index contributed by atoms with van der Waals surface area (Å²) >= 11 is 0. The van der Waals surface area contributed by atoms with Gasteiger partial charge in [0.1, 0.15) is 0 Å². The molecule has 3 atom stereocenters. The van der Waals surface area contributed by atoms with E-state index in [1.54, 1.807) is 6.07 Å². The second-order valence-corrected chi connectivity index (χ2v) is 12.2. The average Bonchev–Trinajstić information content (AvgIpc) is 3.18. The standard InChI is InChI=1S/C23H34N2O4S/c1-15-12-17(13-19(16(15)2)30(27,28)25-8-10-29-11-9-25)20(26)24-21-22(3,4)18-6-7-23(21,5)14-18/h12-13,18,21H,6-11,14H2,1-5H3,(H,24,26)/t18-,21?,23-/m0/s1. The van der Waals surface area contributed by atoms with E-state index in [-0.39, 0.29) is 27.7 Å². The summed E-state index contributed by atoms with van der Waals surface area (Å²) < 4.78 is 33.3. The molecule has 2 bridgehead atoms. The van der Waals surface area contributed by atoms with Crippen molar-refractivity contribution in [3.8, 4) is 0 Å². The van der Waals surface area contributed by atoms with Crippen molar-refractivity contribution in [2.75, 3.05) is 26.3 Å².